The number of thioether (sulfide) groups is 1. The summed E-state index contributed by atoms with van der Waals surface area (Å²) < 4.78 is 31.8. The minimum atomic E-state index is -0.715. The number of carbonyl (C=O) groups is 2. The average Bonchev–Trinajstić information content (AvgIpc) is 2.60. The van der Waals surface area contributed by atoms with Gasteiger partial charge in [-0.3, -0.25) is 9.59 Å². The van der Waals surface area contributed by atoms with Crippen molar-refractivity contribution in [1.29, 1.82) is 0 Å². The van der Waals surface area contributed by atoms with Crippen LogP contribution >= 0.6 is 11.8 Å². The first-order valence-corrected chi connectivity index (χ1v) is 9.45. The van der Waals surface area contributed by atoms with Gasteiger partial charge in [0.15, 0.2) is 0 Å². The van der Waals surface area contributed by atoms with Crippen molar-refractivity contribution < 1.29 is 23.1 Å². The molecule has 1 amide bonds. The highest BCUT2D eigenvalue weighted by Crippen LogP contribution is 2.23. The molecular weight excluding hydrogens is 372 g/mol. The van der Waals surface area contributed by atoms with Gasteiger partial charge in [0.2, 0.25) is 5.91 Å². The summed E-state index contributed by atoms with van der Waals surface area (Å²) in [7, 11) is 0. The standard InChI is InChI=1S/C20H21F2NO3S/c1-13(2)26-20(25)11-17(14-6-4-3-5-7-14)23-19(24)12-27-18-9-8-15(21)10-16(18)22/h3-10,13,17H,11-12H2,1-2H3,(H,23,24). The van der Waals surface area contributed by atoms with Crippen LogP contribution in [0.25, 0.3) is 0 Å². The molecule has 144 valence electrons. The zero-order valence-corrected chi connectivity index (χ0v) is 15.9. The number of hydrogen-bond acceptors (Lipinski definition) is 4. The zero-order chi connectivity index (χ0) is 19.8. The largest absolute Gasteiger partial charge is 0.463 e. The minimum Gasteiger partial charge on any atom is -0.463 e. The van der Waals surface area contributed by atoms with Gasteiger partial charge in [-0.2, -0.15) is 0 Å². The first-order chi connectivity index (χ1) is 12.8. The third-order valence-corrected chi connectivity index (χ3v) is 4.58. The maximum atomic E-state index is 13.7. The molecule has 1 N–H and O–H groups in total. The van der Waals surface area contributed by atoms with Crippen LogP contribution in [0.1, 0.15) is 31.9 Å². The maximum Gasteiger partial charge on any atom is 0.308 e. The van der Waals surface area contributed by atoms with Crippen LogP contribution in [-0.2, 0) is 14.3 Å². The Kier molecular flexibility index (Phi) is 7.79. The molecule has 0 bridgehead atoms. The van der Waals surface area contributed by atoms with E-state index in [4.69, 9.17) is 4.74 Å². The first-order valence-electron chi connectivity index (χ1n) is 8.46. The van der Waals surface area contributed by atoms with Gasteiger partial charge in [-0.25, -0.2) is 8.78 Å². The van der Waals surface area contributed by atoms with E-state index in [1.165, 1.54) is 6.07 Å². The molecule has 0 fully saturated rings. The van der Waals surface area contributed by atoms with E-state index >= 15 is 0 Å². The van der Waals surface area contributed by atoms with Crippen molar-refractivity contribution in [3.63, 3.8) is 0 Å². The van der Waals surface area contributed by atoms with E-state index in [0.29, 0.717) is 0 Å². The van der Waals surface area contributed by atoms with Crippen LogP contribution in [-0.4, -0.2) is 23.7 Å². The average molecular weight is 393 g/mol. The number of hydrogen-bond donors (Lipinski definition) is 1. The monoisotopic (exact) mass is 393 g/mol. The van der Waals surface area contributed by atoms with Crippen LogP contribution in [0.3, 0.4) is 0 Å². The van der Waals surface area contributed by atoms with Gasteiger partial charge in [0.05, 0.1) is 24.3 Å². The van der Waals surface area contributed by atoms with Gasteiger partial charge in [-0.15, -0.1) is 11.8 Å². The molecule has 2 rings (SSSR count). The Morgan fingerprint density at radius 2 is 1.81 bits per heavy atom. The number of esters is 1. The van der Waals surface area contributed by atoms with Crippen molar-refractivity contribution >= 4 is 23.6 Å². The number of rotatable bonds is 8. The first kappa shape index (κ1) is 20.9. The molecule has 0 spiro atoms. The van der Waals surface area contributed by atoms with Crippen LogP contribution in [0.5, 0.6) is 0 Å². The molecule has 2 aromatic carbocycles. The Morgan fingerprint density at radius 3 is 2.44 bits per heavy atom. The summed E-state index contributed by atoms with van der Waals surface area (Å²) in [4.78, 5) is 24.5. The number of carbonyl (C=O) groups excluding carboxylic acids is 2. The lowest BCUT2D eigenvalue weighted by molar-refractivity contribution is -0.148. The molecule has 0 aliphatic rings. The lowest BCUT2D eigenvalue weighted by atomic mass is 10.0. The number of benzene rings is 2. The van der Waals surface area contributed by atoms with E-state index in [0.717, 1.165) is 29.5 Å². The van der Waals surface area contributed by atoms with Gasteiger partial charge in [-0.05, 0) is 31.5 Å². The third-order valence-electron chi connectivity index (χ3n) is 3.53. The van der Waals surface area contributed by atoms with Gasteiger partial charge >= 0.3 is 5.97 Å². The lowest BCUT2D eigenvalue weighted by Gasteiger charge is -2.19. The Morgan fingerprint density at radius 1 is 1.11 bits per heavy atom. The Balaban J connectivity index is 2.01. The molecule has 0 saturated carbocycles. The van der Waals surface area contributed by atoms with Gasteiger partial charge in [0.1, 0.15) is 11.6 Å². The van der Waals surface area contributed by atoms with Crippen LogP contribution in [0.4, 0.5) is 8.78 Å². The fraction of sp³-hybridized carbons (Fsp3) is 0.300. The molecule has 0 aromatic heterocycles. The van der Waals surface area contributed by atoms with Gasteiger partial charge in [0.25, 0.3) is 0 Å². The Hall–Kier alpha value is -2.41. The summed E-state index contributed by atoms with van der Waals surface area (Å²) in [5.41, 5.74) is 0.768. The highest BCUT2D eigenvalue weighted by Gasteiger charge is 2.20. The van der Waals surface area contributed by atoms with Crippen LogP contribution in [0.15, 0.2) is 53.4 Å². The molecule has 4 nitrogen and oxygen atoms in total. The normalized spacial score (nSPS) is 11.9. The predicted octanol–water partition coefficient (Wildman–Crippen LogP) is 4.26. The summed E-state index contributed by atoms with van der Waals surface area (Å²) in [5.74, 6) is -2.24. The van der Waals surface area contributed by atoms with Crippen molar-refractivity contribution in [3.05, 3.63) is 65.7 Å². The molecular formula is C20H21F2NO3S. The third kappa shape index (κ3) is 7.02. The second-order valence-electron chi connectivity index (χ2n) is 6.14. The van der Waals surface area contributed by atoms with Crippen molar-refractivity contribution in [1.82, 2.24) is 5.32 Å². The predicted molar refractivity (Wildman–Crippen MR) is 100 cm³/mol. The van der Waals surface area contributed by atoms with Crippen LogP contribution in [0.2, 0.25) is 0 Å². The van der Waals surface area contributed by atoms with Gasteiger partial charge in [0, 0.05) is 11.0 Å². The summed E-state index contributed by atoms with van der Waals surface area (Å²) in [6.45, 7) is 3.50. The van der Waals surface area contributed by atoms with E-state index in [9.17, 15) is 18.4 Å². The summed E-state index contributed by atoms with van der Waals surface area (Å²) in [5, 5.41) is 2.78. The molecule has 1 atom stereocenters. The molecule has 7 heteroatoms. The van der Waals surface area contributed by atoms with E-state index in [1.54, 1.807) is 26.0 Å². The van der Waals surface area contributed by atoms with Gasteiger partial charge in [-0.1, -0.05) is 30.3 Å². The van der Waals surface area contributed by atoms with E-state index < -0.39 is 23.6 Å². The molecule has 0 aliphatic carbocycles. The number of ether oxygens (including phenoxy) is 1. The molecule has 0 radical (unpaired) electrons. The Labute approximate surface area is 161 Å². The smallest absolute Gasteiger partial charge is 0.308 e. The second-order valence-corrected chi connectivity index (χ2v) is 7.15. The molecule has 27 heavy (non-hydrogen) atoms. The van der Waals surface area contributed by atoms with Crippen LogP contribution in [0, 0.1) is 11.6 Å². The Bertz CT molecular complexity index is 784. The van der Waals surface area contributed by atoms with Crippen molar-refractivity contribution in [2.24, 2.45) is 0 Å². The second kappa shape index (κ2) is 10.1. The number of nitrogens with one attached hydrogen (secondary N) is 1. The topological polar surface area (TPSA) is 55.4 Å². The molecule has 0 aliphatic heterocycles. The quantitative estimate of drug-likeness (QED) is 0.538. The molecule has 0 saturated heterocycles. The lowest BCUT2D eigenvalue weighted by Crippen LogP contribution is -2.32. The fourth-order valence-electron chi connectivity index (χ4n) is 2.39. The van der Waals surface area contributed by atoms with Crippen molar-refractivity contribution in [3.8, 4) is 0 Å². The van der Waals surface area contributed by atoms with E-state index in [-0.39, 0.29) is 29.1 Å². The van der Waals surface area contributed by atoms with Gasteiger partial charge < -0.3 is 10.1 Å². The van der Waals surface area contributed by atoms with E-state index in [1.807, 2.05) is 18.2 Å². The summed E-state index contributed by atoms with van der Waals surface area (Å²) >= 11 is 0.961. The molecule has 2 aromatic rings. The highest BCUT2D eigenvalue weighted by atomic mass is 32.2. The fourth-order valence-corrected chi connectivity index (χ4v) is 3.12. The summed E-state index contributed by atoms with van der Waals surface area (Å²) in [6, 6.07) is 11.7. The molecule has 0 heterocycles. The van der Waals surface area contributed by atoms with Crippen LogP contribution < -0.4 is 5.32 Å². The summed E-state index contributed by atoms with van der Waals surface area (Å²) in [6.07, 6.45) is -0.259. The highest BCUT2D eigenvalue weighted by molar-refractivity contribution is 8.00. The SMILES string of the molecule is CC(C)OC(=O)CC(NC(=O)CSc1ccc(F)cc1F)c1ccccc1. The minimum absolute atomic E-state index is 0.0104. The number of halogens is 2. The zero-order valence-electron chi connectivity index (χ0n) is 15.1. The van der Waals surface area contributed by atoms with Crippen molar-refractivity contribution in [2.75, 3.05) is 5.75 Å². The maximum absolute atomic E-state index is 13.7. The molecule has 1 unspecified atom stereocenters. The van der Waals surface area contributed by atoms with E-state index in [2.05, 4.69) is 5.32 Å². The number of amides is 1. The van der Waals surface area contributed by atoms with Crippen molar-refractivity contribution in [2.45, 2.75) is 37.3 Å².